The zero-order valence-corrected chi connectivity index (χ0v) is 14.2. The molecule has 0 aromatic carbocycles. The molecule has 2 aromatic rings. The molecule has 2 saturated carbocycles. The van der Waals surface area contributed by atoms with Gasteiger partial charge in [0.25, 0.3) is 11.8 Å². The van der Waals surface area contributed by atoms with E-state index in [2.05, 4.69) is 10.1 Å². The Bertz CT molecular complexity index is 790. The minimum absolute atomic E-state index is 0.00210. The Morgan fingerprint density at radius 1 is 1.20 bits per heavy atom. The smallest absolute Gasteiger partial charge is 0.257 e. The Kier molecular flexibility index (Phi) is 3.45. The molecular formula is C18H21N3O4. The van der Waals surface area contributed by atoms with Gasteiger partial charge in [0.2, 0.25) is 0 Å². The largest absolute Gasteiger partial charge is 0.468 e. The first-order chi connectivity index (χ1) is 12.2. The van der Waals surface area contributed by atoms with Crippen molar-refractivity contribution < 1.29 is 18.5 Å². The van der Waals surface area contributed by atoms with Gasteiger partial charge in [-0.2, -0.15) is 4.98 Å². The van der Waals surface area contributed by atoms with Crippen LogP contribution in [0, 0.1) is 0 Å². The molecule has 1 saturated heterocycles. The van der Waals surface area contributed by atoms with Crippen LogP contribution < -0.4 is 0 Å². The van der Waals surface area contributed by atoms with Crippen molar-refractivity contribution in [1.29, 1.82) is 0 Å². The van der Waals surface area contributed by atoms with E-state index >= 15 is 0 Å². The van der Waals surface area contributed by atoms with E-state index in [0.29, 0.717) is 36.4 Å². The molecule has 2 atom stereocenters. The molecule has 0 spiro atoms. The minimum Gasteiger partial charge on any atom is -0.468 e. The number of nitrogens with zero attached hydrogens (tertiary/aromatic N) is 3. The second kappa shape index (κ2) is 5.69. The lowest BCUT2D eigenvalue weighted by molar-refractivity contribution is -0.0810. The van der Waals surface area contributed by atoms with Crippen LogP contribution in [0.4, 0.5) is 0 Å². The van der Waals surface area contributed by atoms with E-state index < -0.39 is 0 Å². The summed E-state index contributed by atoms with van der Waals surface area (Å²) in [4.78, 5) is 19.3. The Balaban J connectivity index is 1.35. The Hall–Kier alpha value is -2.15. The first kappa shape index (κ1) is 15.1. The number of carbonyl (C=O) groups is 1. The van der Waals surface area contributed by atoms with Crippen molar-refractivity contribution in [3.8, 4) is 0 Å². The molecule has 1 amide bonds. The van der Waals surface area contributed by atoms with Crippen LogP contribution in [-0.2, 0) is 4.74 Å². The normalized spacial score (nSPS) is 26.8. The first-order valence-electron chi connectivity index (χ1n) is 9.04. The van der Waals surface area contributed by atoms with Crippen LogP contribution in [0.3, 0.4) is 0 Å². The summed E-state index contributed by atoms with van der Waals surface area (Å²) < 4.78 is 16.9. The Morgan fingerprint density at radius 3 is 2.76 bits per heavy atom. The first-order valence-corrected chi connectivity index (χ1v) is 9.04. The van der Waals surface area contributed by atoms with Crippen LogP contribution in [0.25, 0.3) is 0 Å². The molecule has 0 unspecified atom stereocenters. The number of aromatic nitrogens is 2. The molecule has 7 heteroatoms. The van der Waals surface area contributed by atoms with Gasteiger partial charge in [0.1, 0.15) is 5.76 Å². The van der Waals surface area contributed by atoms with Crippen molar-refractivity contribution in [2.75, 3.05) is 13.1 Å². The van der Waals surface area contributed by atoms with Crippen LogP contribution in [0.5, 0.6) is 0 Å². The van der Waals surface area contributed by atoms with Crippen molar-refractivity contribution in [1.82, 2.24) is 15.0 Å². The van der Waals surface area contributed by atoms with E-state index in [4.69, 9.17) is 13.7 Å². The second-order valence-electron chi connectivity index (χ2n) is 7.38. The van der Waals surface area contributed by atoms with Gasteiger partial charge in [0.15, 0.2) is 11.9 Å². The highest BCUT2D eigenvalue weighted by Gasteiger charge is 2.38. The number of morpholine rings is 1. The van der Waals surface area contributed by atoms with E-state index in [1.807, 2.05) is 11.8 Å². The van der Waals surface area contributed by atoms with Crippen LogP contribution >= 0.6 is 0 Å². The van der Waals surface area contributed by atoms with Crippen molar-refractivity contribution in [2.24, 2.45) is 0 Å². The van der Waals surface area contributed by atoms with Crippen LogP contribution in [0.2, 0.25) is 0 Å². The third kappa shape index (κ3) is 2.86. The third-order valence-electron chi connectivity index (χ3n) is 5.10. The lowest BCUT2D eigenvalue weighted by atomic mass is 10.1. The number of amides is 1. The van der Waals surface area contributed by atoms with Gasteiger partial charge in [-0.15, -0.1) is 0 Å². The molecule has 2 aromatic heterocycles. The molecule has 0 radical (unpaired) electrons. The number of ether oxygens (including phenoxy) is 1. The number of rotatable bonds is 4. The summed E-state index contributed by atoms with van der Waals surface area (Å²) in [5.41, 5.74) is 0.680. The Labute approximate surface area is 145 Å². The summed E-state index contributed by atoms with van der Waals surface area (Å²) in [5.74, 6) is 2.90. The lowest BCUT2D eigenvalue weighted by Crippen LogP contribution is -2.46. The van der Waals surface area contributed by atoms with E-state index in [1.54, 1.807) is 12.3 Å². The molecule has 7 nitrogen and oxygen atoms in total. The van der Waals surface area contributed by atoms with E-state index in [0.717, 1.165) is 37.3 Å². The van der Waals surface area contributed by atoms with Gasteiger partial charge in [0, 0.05) is 18.4 Å². The molecule has 0 bridgehead atoms. The van der Waals surface area contributed by atoms with Crippen LogP contribution in [-0.4, -0.2) is 40.1 Å². The quantitative estimate of drug-likeness (QED) is 0.849. The van der Waals surface area contributed by atoms with Crippen LogP contribution in [0.1, 0.15) is 78.4 Å². The highest BCUT2D eigenvalue weighted by atomic mass is 16.5. The Morgan fingerprint density at radius 2 is 2.00 bits per heavy atom. The van der Waals surface area contributed by atoms with Crippen molar-refractivity contribution in [2.45, 2.75) is 56.7 Å². The van der Waals surface area contributed by atoms with Gasteiger partial charge < -0.3 is 18.6 Å². The fourth-order valence-corrected chi connectivity index (χ4v) is 3.47. The van der Waals surface area contributed by atoms with Gasteiger partial charge in [0.05, 0.1) is 24.5 Å². The van der Waals surface area contributed by atoms with E-state index in [-0.39, 0.29) is 18.1 Å². The summed E-state index contributed by atoms with van der Waals surface area (Å²) in [5, 5.41) is 4.06. The molecule has 3 fully saturated rings. The molecule has 3 heterocycles. The molecule has 3 aliphatic rings. The summed E-state index contributed by atoms with van der Waals surface area (Å²) in [7, 11) is 0. The number of carbonyl (C=O) groups excluding carboxylic acids is 1. The summed E-state index contributed by atoms with van der Waals surface area (Å²) in [6, 6.07) is 1.78. The molecule has 5 rings (SSSR count). The highest BCUT2D eigenvalue weighted by molar-refractivity contribution is 5.95. The summed E-state index contributed by atoms with van der Waals surface area (Å²) in [6.45, 7) is 2.93. The molecule has 1 aliphatic heterocycles. The second-order valence-corrected chi connectivity index (χ2v) is 7.38. The standard InChI is InChI=1S/C18H21N3O4/c1-10-8-21(18(22)13-6-7-23-15(13)11-2-3-11)9-14(24-10)17-19-16(20-25-17)12-4-5-12/h6-7,10-12,14H,2-5,8-9H2,1H3/t10-,14-/m1/s1. The third-order valence-corrected chi connectivity index (χ3v) is 5.10. The zero-order chi connectivity index (χ0) is 17.0. The molecular weight excluding hydrogens is 322 g/mol. The lowest BCUT2D eigenvalue weighted by Gasteiger charge is -2.35. The predicted molar refractivity (Wildman–Crippen MR) is 86.1 cm³/mol. The van der Waals surface area contributed by atoms with E-state index in [1.165, 1.54) is 0 Å². The zero-order valence-electron chi connectivity index (χ0n) is 14.2. The van der Waals surface area contributed by atoms with Gasteiger partial charge in [-0.1, -0.05) is 5.16 Å². The van der Waals surface area contributed by atoms with Gasteiger partial charge in [-0.05, 0) is 38.7 Å². The van der Waals surface area contributed by atoms with Crippen molar-refractivity contribution in [3.05, 3.63) is 35.4 Å². The average molecular weight is 343 g/mol. The van der Waals surface area contributed by atoms with E-state index in [9.17, 15) is 4.79 Å². The molecule has 0 N–H and O–H groups in total. The van der Waals surface area contributed by atoms with Crippen LogP contribution in [0.15, 0.2) is 21.3 Å². The SMILES string of the molecule is C[C@@H]1CN(C(=O)c2ccoc2C2CC2)C[C@H](c2nc(C3CC3)no2)O1. The fourth-order valence-electron chi connectivity index (χ4n) is 3.47. The average Bonchev–Trinajstić information content (AvgIpc) is 3.54. The minimum atomic E-state index is -0.371. The molecule has 2 aliphatic carbocycles. The summed E-state index contributed by atoms with van der Waals surface area (Å²) in [6.07, 6.45) is 5.59. The predicted octanol–water partition coefficient (Wildman–Crippen LogP) is 3.02. The topological polar surface area (TPSA) is 81.6 Å². The molecule has 25 heavy (non-hydrogen) atoms. The number of hydrogen-bond donors (Lipinski definition) is 0. The van der Waals surface area contributed by atoms with Gasteiger partial charge >= 0.3 is 0 Å². The van der Waals surface area contributed by atoms with Gasteiger partial charge in [-0.3, -0.25) is 4.79 Å². The molecule has 132 valence electrons. The summed E-state index contributed by atoms with van der Waals surface area (Å²) >= 11 is 0. The number of hydrogen-bond acceptors (Lipinski definition) is 6. The maximum Gasteiger partial charge on any atom is 0.257 e. The van der Waals surface area contributed by atoms with Crippen molar-refractivity contribution in [3.63, 3.8) is 0 Å². The van der Waals surface area contributed by atoms with Gasteiger partial charge in [-0.25, -0.2) is 0 Å². The monoisotopic (exact) mass is 343 g/mol. The number of furan rings is 1. The maximum atomic E-state index is 13.0. The fraction of sp³-hybridized carbons (Fsp3) is 0.611. The van der Waals surface area contributed by atoms with Crippen molar-refractivity contribution >= 4 is 5.91 Å². The maximum absolute atomic E-state index is 13.0. The highest BCUT2D eigenvalue weighted by Crippen LogP contribution is 2.42.